The van der Waals surface area contributed by atoms with Crippen molar-refractivity contribution in [3.63, 3.8) is 0 Å². The van der Waals surface area contributed by atoms with Gasteiger partial charge in [0.05, 0.1) is 11.4 Å². The van der Waals surface area contributed by atoms with E-state index in [1.54, 1.807) is 0 Å². The summed E-state index contributed by atoms with van der Waals surface area (Å²) in [6.45, 7) is 9.94. The van der Waals surface area contributed by atoms with Gasteiger partial charge in [0.2, 0.25) is 0 Å². The second kappa shape index (κ2) is 10.7. The van der Waals surface area contributed by atoms with Crippen LogP contribution >= 0.6 is 24.0 Å². The first kappa shape index (κ1) is 23.5. The lowest BCUT2D eigenvalue weighted by molar-refractivity contribution is 0.392. The molecule has 1 N–H and O–H groups in total. The van der Waals surface area contributed by atoms with Gasteiger partial charge in [0.25, 0.3) is 0 Å². The Bertz CT molecular complexity index is 730. The van der Waals surface area contributed by atoms with Gasteiger partial charge in [0.1, 0.15) is 5.76 Å². The van der Waals surface area contributed by atoms with E-state index < -0.39 is 0 Å². The van der Waals surface area contributed by atoms with E-state index in [2.05, 4.69) is 52.6 Å². The third-order valence-electron chi connectivity index (χ3n) is 4.53. The quantitative estimate of drug-likeness (QED) is 0.280. The zero-order chi connectivity index (χ0) is 19.3. The summed E-state index contributed by atoms with van der Waals surface area (Å²) in [5, 5.41) is 12.0. The molecule has 8 heteroatoms. The number of halogens is 1. The minimum absolute atomic E-state index is 0. The molecule has 0 unspecified atom stereocenters. The van der Waals surface area contributed by atoms with Crippen molar-refractivity contribution in [3.05, 3.63) is 34.5 Å². The summed E-state index contributed by atoms with van der Waals surface area (Å²) in [6, 6.07) is 0. The van der Waals surface area contributed by atoms with Gasteiger partial charge in [-0.2, -0.15) is 5.10 Å². The van der Waals surface area contributed by atoms with E-state index in [1.165, 1.54) is 11.1 Å². The van der Waals surface area contributed by atoms with Crippen molar-refractivity contribution in [2.24, 2.45) is 12.0 Å². The topological polar surface area (TPSA) is 71.5 Å². The zero-order valence-electron chi connectivity index (χ0n) is 17.5. The molecule has 0 saturated carbocycles. The van der Waals surface area contributed by atoms with Crippen LogP contribution in [0.4, 0.5) is 0 Å². The molecule has 152 valence electrons. The smallest absolute Gasteiger partial charge is 0.193 e. The van der Waals surface area contributed by atoms with E-state index in [0.717, 1.165) is 49.0 Å². The molecule has 0 aliphatic carbocycles. The van der Waals surface area contributed by atoms with Crippen molar-refractivity contribution >= 4 is 29.9 Å². The molecular weight excluding hydrogens is 455 g/mol. The number of nitrogens with one attached hydrogen (secondary N) is 1. The number of nitrogens with zero attached hydrogens (tertiary/aromatic N) is 5. The third-order valence-corrected chi connectivity index (χ3v) is 4.53. The van der Waals surface area contributed by atoms with Gasteiger partial charge in [-0.25, -0.2) is 0 Å². The number of aromatic nitrogens is 3. The summed E-state index contributed by atoms with van der Waals surface area (Å²) >= 11 is 0. The molecule has 0 atom stereocenters. The van der Waals surface area contributed by atoms with Crippen molar-refractivity contribution < 1.29 is 4.52 Å². The van der Waals surface area contributed by atoms with Crippen LogP contribution in [-0.4, -0.2) is 46.4 Å². The lowest BCUT2D eigenvalue weighted by atomic mass is 10.1. The number of aryl methyl sites for hydroxylation is 3. The Morgan fingerprint density at radius 2 is 2.07 bits per heavy atom. The first-order valence-corrected chi connectivity index (χ1v) is 9.19. The highest BCUT2D eigenvalue weighted by molar-refractivity contribution is 14.0. The molecule has 0 aromatic carbocycles. The second-order valence-electron chi connectivity index (χ2n) is 7.10. The Morgan fingerprint density at radius 3 is 2.63 bits per heavy atom. The normalized spacial score (nSPS) is 11.6. The van der Waals surface area contributed by atoms with Crippen molar-refractivity contribution in [1.82, 2.24) is 25.2 Å². The maximum atomic E-state index is 5.22. The minimum Gasteiger partial charge on any atom is -0.361 e. The number of hydrogen-bond acceptors (Lipinski definition) is 4. The highest BCUT2D eigenvalue weighted by Crippen LogP contribution is 2.18. The van der Waals surface area contributed by atoms with Crippen molar-refractivity contribution in [1.29, 1.82) is 0 Å². The molecule has 2 rings (SSSR count). The molecule has 7 nitrogen and oxygen atoms in total. The van der Waals surface area contributed by atoms with E-state index in [0.29, 0.717) is 5.92 Å². The molecule has 0 aliphatic rings. The summed E-state index contributed by atoms with van der Waals surface area (Å²) in [5.41, 5.74) is 4.59. The Balaban J connectivity index is 0.00000364. The molecule has 0 saturated heterocycles. The second-order valence-corrected chi connectivity index (χ2v) is 7.10. The first-order valence-electron chi connectivity index (χ1n) is 9.19. The maximum Gasteiger partial charge on any atom is 0.193 e. The van der Waals surface area contributed by atoms with E-state index in [9.17, 15) is 0 Å². The van der Waals surface area contributed by atoms with Gasteiger partial charge < -0.3 is 14.7 Å². The van der Waals surface area contributed by atoms with Gasteiger partial charge in [0, 0.05) is 51.6 Å². The third kappa shape index (κ3) is 6.22. The van der Waals surface area contributed by atoms with Crippen molar-refractivity contribution in [2.75, 3.05) is 20.6 Å². The van der Waals surface area contributed by atoms with E-state index in [-0.39, 0.29) is 24.0 Å². The van der Waals surface area contributed by atoms with Crippen LogP contribution in [0.15, 0.2) is 15.7 Å². The molecule has 0 aliphatic heterocycles. The van der Waals surface area contributed by atoms with Crippen LogP contribution in [0.25, 0.3) is 0 Å². The fourth-order valence-electron chi connectivity index (χ4n) is 3.20. The summed E-state index contributed by atoms with van der Waals surface area (Å²) in [6.07, 6.45) is 4.05. The molecular formula is C19H33IN6O. The van der Waals surface area contributed by atoms with Crippen LogP contribution in [0.5, 0.6) is 0 Å². The van der Waals surface area contributed by atoms with E-state index >= 15 is 0 Å². The van der Waals surface area contributed by atoms with Crippen LogP contribution in [-0.2, 0) is 20.0 Å². The predicted octanol–water partition coefficient (Wildman–Crippen LogP) is 3.41. The van der Waals surface area contributed by atoms with Crippen LogP contribution in [0.1, 0.15) is 54.5 Å². The van der Waals surface area contributed by atoms with E-state index in [1.807, 2.05) is 32.6 Å². The van der Waals surface area contributed by atoms with Crippen molar-refractivity contribution in [2.45, 2.75) is 53.0 Å². The Labute approximate surface area is 179 Å². The molecule has 0 amide bonds. The zero-order valence-corrected chi connectivity index (χ0v) is 19.9. The molecule has 2 aromatic rings. The summed E-state index contributed by atoms with van der Waals surface area (Å²) in [5.74, 6) is 2.22. The summed E-state index contributed by atoms with van der Waals surface area (Å²) in [4.78, 5) is 6.55. The van der Waals surface area contributed by atoms with Gasteiger partial charge >= 0.3 is 0 Å². The SMILES string of the molecule is CN=C(NCCCc1c(C)noc1C)N(C)Cc1cn(C)nc1C(C)C.I. The fourth-order valence-corrected chi connectivity index (χ4v) is 3.20. The van der Waals surface area contributed by atoms with Crippen molar-refractivity contribution in [3.8, 4) is 0 Å². The molecule has 0 fully saturated rings. The van der Waals surface area contributed by atoms with Crippen LogP contribution in [0.2, 0.25) is 0 Å². The lowest BCUT2D eigenvalue weighted by Gasteiger charge is -2.22. The van der Waals surface area contributed by atoms with E-state index in [4.69, 9.17) is 4.52 Å². The number of guanidine groups is 1. The molecule has 2 heterocycles. The lowest BCUT2D eigenvalue weighted by Crippen LogP contribution is -2.39. The van der Waals surface area contributed by atoms with Crippen LogP contribution in [0.3, 0.4) is 0 Å². The van der Waals surface area contributed by atoms with Gasteiger partial charge in [-0.1, -0.05) is 19.0 Å². The first-order chi connectivity index (χ1) is 12.3. The van der Waals surface area contributed by atoms with Gasteiger partial charge in [-0.05, 0) is 32.6 Å². The molecule has 0 radical (unpaired) electrons. The average Bonchev–Trinajstić information content (AvgIpc) is 3.10. The predicted molar refractivity (Wildman–Crippen MR) is 120 cm³/mol. The largest absolute Gasteiger partial charge is 0.361 e. The van der Waals surface area contributed by atoms with Crippen LogP contribution < -0.4 is 5.32 Å². The Morgan fingerprint density at radius 1 is 1.37 bits per heavy atom. The van der Waals surface area contributed by atoms with Gasteiger partial charge in [-0.15, -0.1) is 24.0 Å². The number of rotatable bonds is 7. The Hall–Kier alpha value is -1.58. The Kier molecular flexibility index (Phi) is 9.28. The fraction of sp³-hybridized carbons (Fsp3) is 0.632. The molecule has 2 aromatic heterocycles. The maximum absolute atomic E-state index is 5.22. The highest BCUT2D eigenvalue weighted by atomic mass is 127. The number of hydrogen-bond donors (Lipinski definition) is 1. The summed E-state index contributed by atoms with van der Waals surface area (Å²) < 4.78 is 7.11. The van der Waals surface area contributed by atoms with Gasteiger partial charge in [0.15, 0.2) is 5.96 Å². The molecule has 27 heavy (non-hydrogen) atoms. The molecule has 0 spiro atoms. The monoisotopic (exact) mass is 488 g/mol. The standard InChI is InChI=1S/C19H32N6O.HI/c1-13(2)18-16(12-25(7)22-18)11-24(6)19(20-5)21-10-8-9-17-14(3)23-26-15(17)4;/h12-13H,8-11H2,1-7H3,(H,20,21);1H. The van der Waals surface area contributed by atoms with Crippen LogP contribution in [0, 0.1) is 13.8 Å². The average molecular weight is 488 g/mol. The summed E-state index contributed by atoms with van der Waals surface area (Å²) in [7, 11) is 5.84. The molecule has 0 bridgehead atoms. The highest BCUT2D eigenvalue weighted by Gasteiger charge is 2.15. The minimum atomic E-state index is 0. The van der Waals surface area contributed by atoms with Gasteiger partial charge in [-0.3, -0.25) is 9.67 Å². The number of aliphatic imine (C=N–C) groups is 1.